The van der Waals surface area contributed by atoms with Gasteiger partial charge in [0.05, 0.1) is 25.6 Å². The highest BCUT2D eigenvalue weighted by Crippen LogP contribution is 2.14. The molecule has 0 fully saturated rings. The second-order valence-corrected chi connectivity index (χ2v) is 4.08. The first-order valence-electron chi connectivity index (χ1n) is 6.47. The Morgan fingerprint density at radius 2 is 1.53 bits per heavy atom. The van der Waals surface area contributed by atoms with Gasteiger partial charge >= 0.3 is 11.9 Å². The van der Waals surface area contributed by atoms with Crippen molar-refractivity contribution in [1.29, 1.82) is 0 Å². The number of esters is 2. The topological polar surface area (TPSA) is 52.6 Å². The van der Waals surface area contributed by atoms with E-state index in [9.17, 15) is 9.59 Å². The summed E-state index contributed by atoms with van der Waals surface area (Å²) in [5.41, 5.74) is 0. The minimum atomic E-state index is -0.351. The highest BCUT2D eigenvalue weighted by Gasteiger charge is 2.23. The molecule has 0 aliphatic rings. The third kappa shape index (κ3) is 7.77. The molecule has 1 atom stereocenters. The zero-order chi connectivity index (χ0) is 13.1. The van der Waals surface area contributed by atoms with Gasteiger partial charge in [0.15, 0.2) is 0 Å². The van der Waals surface area contributed by atoms with Crippen molar-refractivity contribution in [3.63, 3.8) is 0 Å². The number of hydrogen-bond donors (Lipinski definition) is 0. The van der Waals surface area contributed by atoms with E-state index in [1.54, 1.807) is 0 Å². The molecule has 0 aromatic heterocycles. The van der Waals surface area contributed by atoms with Crippen LogP contribution in [0.15, 0.2) is 0 Å². The quantitative estimate of drug-likeness (QED) is 0.585. The van der Waals surface area contributed by atoms with Crippen LogP contribution >= 0.6 is 0 Å². The lowest BCUT2D eigenvalue weighted by molar-refractivity contribution is -0.155. The summed E-state index contributed by atoms with van der Waals surface area (Å²) < 4.78 is 10.0. The van der Waals surface area contributed by atoms with E-state index < -0.39 is 0 Å². The first kappa shape index (κ1) is 15.9. The second kappa shape index (κ2) is 10.1. The van der Waals surface area contributed by atoms with Gasteiger partial charge in [-0.25, -0.2) is 0 Å². The summed E-state index contributed by atoms with van der Waals surface area (Å²) in [6, 6.07) is 0. The molecular formula is C13H24O4. The summed E-state index contributed by atoms with van der Waals surface area (Å²) in [6.07, 6.45) is 3.25. The lowest BCUT2D eigenvalue weighted by Crippen LogP contribution is -2.22. The summed E-state index contributed by atoms with van der Waals surface area (Å²) in [5.74, 6) is -0.934. The number of rotatable bonds is 9. The van der Waals surface area contributed by atoms with Gasteiger partial charge in [-0.3, -0.25) is 9.59 Å². The van der Waals surface area contributed by atoms with E-state index in [-0.39, 0.29) is 24.3 Å². The van der Waals surface area contributed by atoms with E-state index in [1.807, 2.05) is 20.8 Å². The van der Waals surface area contributed by atoms with Crippen molar-refractivity contribution in [2.24, 2.45) is 5.92 Å². The summed E-state index contributed by atoms with van der Waals surface area (Å²) in [5, 5.41) is 0. The predicted octanol–water partition coefficient (Wildman–Crippen LogP) is 2.70. The fourth-order valence-electron chi connectivity index (χ4n) is 1.45. The molecule has 1 unspecified atom stereocenters. The molecular weight excluding hydrogens is 220 g/mol. The normalized spacial score (nSPS) is 11.9. The molecule has 4 nitrogen and oxygen atoms in total. The van der Waals surface area contributed by atoms with Gasteiger partial charge in [0.25, 0.3) is 0 Å². The van der Waals surface area contributed by atoms with Crippen LogP contribution in [0.3, 0.4) is 0 Å². The van der Waals surface area contributed by atoms with Crippen molar-refractivity contribution >= 4 is 11.9 Å². The fraction of sp³-hybridized carbons (Fsp3) is 0.846. The first-order chi connectivity index (χ1) is 8.15. The van der Waals surface area contributed by atoms with Crippen molar-refractivity contribution in [2.75, 3.05) is 13.2 Å². The smallest absolute Gasteiger partial charge is 0.309 e. The number of carbonyl (C=O) groups excluding carboxylic acids is 2. The van der Waals surface area contributed by atoms with Gasteiger partial charge in [-0.05, 0) is 19.3 Å². The summed E-state index contributed by atoms with van der Waals surface area (Å²) in [7, 11) is 0. The molecule has 0 saturated carbocycles. The molecule has 0 N–H and O–H groups in total. The van der Waals surface area contributed by atoms with Gasteiger partial charge in [-0.1, -0.05) is 27.2 Å². The van der Waals surface area contributed by atoms with Crippen molar-refractivity contribution in [1.82, 2.24) is 0 Å². The lowest BCUT2D eigenvalue weighted by atomic mass is 10.0. The third-order valence-electron chi connectivity index (χ3n) is 2.30. The molecule has 4 heteroatoms. The predicted molar refractivity (Wildman–Crippen MR) is 65.5 cm³/mol. The molecule has 0 saturated heterocycles. The van der Waals surface area contributed by atoms with E-state index in [0.717, 1.165) is 19.3 Å². The maximum atomic E-state index is 11.7. The van der Waals surface area contributed by atoms with Crippen LogP contribution in [0.4, 0.5) is 0 Å². The summed E-state index contributed by atoms with van der Waals surface area (Å²) in [4.78, 5) is 23.1. The molecule has 17 heavy (non-hydrogen) atoms. The Morgan fingerprint density at radius 1 is 0.941 bits per heavy atom. The van der Waals surface area contributed by atoms with Gasteiger partial charge in [0.1, 0.15) is 0 Å². The van der Waals surface area contributed by atoms with Gasteiger partial charge < -0.3 is 9.47 Å². The molecule has 0 bridgehead atoms. The van der Waals surface area contributed by atoms with E-state index >= 15 is 0 Å². The van der Waals surface area contributed by atoms with Crippen molar-refractivity contribution in [3.8, 4) is 0 Å². The maximum Gasteiger partial charge on any atom is 0.309 e. The monoisotopic (exact) mass is 244 g/mol. The SMILES string of the molecule is CCCOC(=O)CC(CCC)C(=O)OCCC. The summed E-state index contributed by atoms with van der Waals surface area (Å²) in [6.45, 7) is 6.70. The van der Waals surface area contributed by atoms with Crippen LogP contribution in [-0.4, -0.2) is 25.2 Å². The van der Waals surface area contributed by atoms with E-state index in [2.05, 4.69) is 0 Å². The zero-order valence-corrected chi connectivity index (χ0v) is 11.2. The van der Waals surface area contributed by atoms with Gasteiger partial charge in [-0.2, -0.15) is 0 Å². The van der Waals surface area contributed by atoms with Crippen LogP contribution in [0.5, 0.6) is 0 Å². The Balaban J connectivity index is 4.12. The van der Waals surface area contributed by atoms with Crippen LogP contribution < -0.4 is 0 Å². The molecule has 0 aromatic rings. The number of hydrogen-bond acceptors (Lipinski definition) is 4. The lowest BCUT2D eigenvalue weighted by Gasteiger charge is -2.14. The summed E-state index contributed by atoms with van der Waals surface area (Å²) >= 11 is 0. The van der Waals surface area contributed by atoms with Crippen molar-refractivity contribution in [2.45, 2.75) is 52.9 Å². The van der Waals surface area contributed by atoms with Crippen molar-refractivity contribution in [3.05, 3.63) is 0 Å². The van der Waals surface area contributed by atoms with E-state index in [4.69, 9.17) is 9.47 Å². The molecule has 0 spiro atoms. The first-order valence-corrected chi connectivity index (χ1v) is 6.47. The Bertz CT molecular complexity index is 225. The minimum absolute atomic E-state index is 0.135. The van der Waals surface area contributed by atoms with Gasteiger partial charge in [-0.15, -0.1) is 0 Å². The van der Waals surface area contributed by atoms with Crippen LogP contribution in [0.1, 0.15) is 52.9 Å². The van der Waals surface area contributed by atoms with Crippen LogP contribution in [0.2, 0.25) is 0 Å². The Hall–Kier alpha value is -1.06. The largest absolute Gasteiger partial charge is 0.466 e. The van der Waals surface area contributed by atoms with Crippen LogP contribution in [0, 0.1) is 5.92 Å². The Kier molecular flexibility index (Phi) is 9.49. The van der Waals surface area contributed by atoms with E-state index in [1.165, 1.54) is 0 Å². The highest BCUT2D eigenvalue weighted by molar-refractivity contribution is 5.79. The number of carbonyl (C=O) groups is 2. The minimum Gasteiger partial charge on any atom is -0.466 e. The van der Waals surface area contributed by atoms with Crippen LogP contribution in [0.25, 0.3) is 0 Å². The second-order valence-electron chi connectivity index (χ2n) is 4.08. The highest BCUT2D eigenvalue weighted by atomic mass is 16.5. The Morgan fingerprint density at radius 3 is 2.06 bits per heavy atom. The standard InChI is InChI=1S/C13H24O4/c1-4-7-11(13(15)17-9-6-3)10-12(14)16-8-5-2/h11H,4-10H2,1-3H3. The molecule has 0 heterocycles. The van der Waals surface area contributed by atoms with Crippen LogP contribution in [-0.2, 0) is 19.1 Å². The molecule has 0 amide bonds. The van der Waals surface area contributed by atoms with E-state index in [0.29, 0.717) is 19.6 Å². The zero-order valence-electron chi connectivity index (χ0n) is 11.2. The molecule has 0 rings (SSSR count). The molecule has 100 valence electrons. The molecule has 0 radical (unpaired) electrons. The van der Waals surface area contributed by atoms with Crippen molar-refractivity contribution < 1.29 is 19.1 Å². The molecule has 0 aromatic carbocycles. The maximum absolute atomic E-state index is 11.7. The average Bonchev–Trinajstić information content (AvgIpc) is 2.32. The molecule has 0 aliphatic carbocycles. The molecule has 0 aliphatic heterocycles. The average molecular weight is 244 g/mol. The Labute approximate surface area is 104 Å². The number of ether oxygens (including phenoxy) is 2. The van der Waals surface area contributed by atoms with Gasteiger partial charge in [0, 0.05) is 0 Å². The third-order valence-corrected chi connectivity index (χ3v) is 2.30. The fourth-order valence-corrected chi connectivity index (χ4v) is 1.45. The van der Waals surface area contributed by atoms with Gasteiger partial charge in [0.2, 0.25) is 0 Å².